The minimum Gasteiger partial charge on any atom is -0.330 e. The summed E-state index contributed by atoms with van der Waals surface area (Å²) in [6.45, 7) is 4.37. The first-order valence-electron chi connectivity index (χ1n) is 10.7. The van der Waals surface area contributed by atoms with E-state index in [4.69, 9.17) is 5.73 Å². The number of nitrogens with one attached hydrogen (secondary N) is 1. The van der Waals surface area contributed by atoms with Crippen molar-refractivity contribution in [2.75, 3.05) is 19.6 Å². The molecule has 1 aromatic rings. The molecule has 7 nitrogen and oxygen atoms in total. The molecule has 1 aliphatic carbocycles. The Bertz CT molecular complexity index is 875. The van der Waals surface area contributed by atoms with E-state index in [0.717, 1.165) is 37.7 Å². The molecule has 3 aliphatic heterocycles. The maximum atomic E-state index is 12.8. The van der Waals surface area contributed by atoms with E-state index in [1.54, 1.807) is 4.90 Å². The van der Waals surface area contributed by atoms with Crippen LogP contribution in [0.5, 0.6) is 0 Å². The van der Waals surface area contributed by atoms with Crippen molar-refractivity contribution in [1.82, 2.24) is 15.1 Å². The van der Waals surface area contributed by atoms with Crippen LogP contribution in [0.15, 0.2) is 18.2 Å². The number of carbonyl (C=O) groups is 3. The second kappa shape index (κ2) is 6.92. The molecule has 1 saturated carbocycles. The van der Waals surface area contributed by atoms with E-state index < -0.39 is 6.04 Å². The predicted molar refractivity (Wildman–Crippen MR) is 107 cm³/mol. The number of nitrogens with zero attached hydrogens (tertiary/aromatic N) is 2. The molecule has 1 spiro atoms. The third kappa shape index (κ3) is 3.26. The average Bonchev–Trinajstić information content (AvgIpc) is 3.30. The van der Waals surface area contributed by atoms with Gasteiger partial charge in [-0.2, -0.15) is 0 Å². The Morgan fingerprint density at radius 2 is 1.97 bits per heavy atom. The van der Waals surface area contributed by atoms with E-state index in [2.05, 4.69) is 16.3 Å². The van der Waals surface area contributed by atoms with Gasteiger partial charge in [-0.15, -0.1) is 0 Å². The summed E-state index contributed by atoms with van der Waals surface area (Å²) in [6.07, 6.45) is 4.46. The summed E-state index contributed by atoms with van der Waals surface area (Å²) in [5, 5.41) is 2.35. The molecule has 0 bridgehead atoms. The first-order valence-corrected chi connectivity index (χ1v) is 10.7. The summed E-state index contributed by atoms with van der Waals surface area (Å²) in [6, 6.07) is 5.50. The minimum absolute atomic E-state index is 0.109. The summed E-state index contributed by atoms with van der Waals surface area (Å²) in [7, 11) is 0. The highest BCUT2D eigenvalue weighted by Crippen LogP contribution is 2.58. The lowest BCUT2D eigenvalue weighted by atomic mass is 9.90. The molecule has 3 amide bonds. The van der Waals surface area contributed by atoms with Gasteiger partial charge in [-0.05, 0) is 73.8 Å². The Morgan fingerprint density at radius 3 is 2.66 bits per heavy atom. The summed E-state index contributed by atoms with van der Waals surface area (Å²) >= 11 is 0. The second-order valence-electron chi connectivity index (χ2n) is 9.17. The van der Waals surface area contributed by atoms with Crippen LogP contribution in [0.25, 0.3) is 0 Å². The van der Waals surface area contributed by atoms with E-state index in [1.807, 2.05) is 12.1 Å². The smallest absolute Gasteiger partial charge is 0.255 e. The van der Waals surface area contributed by atoms with Crippen LogP contribution in [-0.2, 0) is 22.7 Å². The predicted octanol–water partition coefficient (Wildman–Crippen LogP) is 1.01. The van der Waals surface area contributed by atoms with Gasteiger partial charge in [0, 0.05) is 25.1 Å². The summed E-state index contributed by atoms with van der Waals surface area (Å²) in [5.74, 6) is 0.00201. The number of carbonyl (C=O) groups excluding carboxylic acids is 3. The number of rotatable bonds is 4. The fourth-order valence-electron chi connectivity index (χ4n) is 5.52. The molecule has 0 radical (unpaired) electrons. The number of fused-ring (bicyclic) bond motifs is 1. The molecule has 3 N–H and O–H groups in total. The number of hydrogen-bond acceptors (Lipinski definition) is 5. The molecule has 7 heteroatoms. The highest BCUT2D eigenvalue weighted by molar-refractivity contribution is 6.05. The number of benzene rings is 1. The Morgan fingerprint density at radius 1 is 1.17 bits per heavy atom. The molecule has 1 aromatic carbocycles. The summed E-state index contributed by atoms with van der Waals surface area (Å²) in [5.41, 5.74) is 9.26. The van der Waals surface area contributed by atoms with Crippen molar-refractivity contribution in [2.45, 2.75) is 51.2 Å². The van der Waals surface area contributed by atoms with E-state index in [9.17, 15) is 14.4 Å². The van der Waals surface area contributed by atoms with Crippen molar-refractivity contribution >= 4 is 17.7 Å². The van der Waals surface area contributed by atoms with E-state index in [0.29, 0.717) is 23.9 Å². The number of piperidine rings is 2. The lowest BCUT2D eigenvalue weighted by molar-refractivity contribution is -0.136. The minimum atomic E-state index is -0.552. The van der Waals surface area contributed by atoms with E-state index in [-0.39, 0.29) is 24.1 Å². The van der Waals surface area contributed by atoms with Crippen LogP contribution in [-0.4, -0.2) is 53.2 Å². The molecule has 2 unspecified atom stereocenters. The van der Waals surface area contributed by atoms with Crippen molar-refractivity contribution in [3.63, 3.8) is 0 Å². The fraction of sp³-hybridized carbons (Fsp3) is 0.591. The van der Waals surface area contributed by atoms with Crippen LogP contribution < -0.4 is 11.1 Å². The lowest BCUT2D eigenvalue weighted by Gasteiger charge is -2.33. The zero-order chi connectivity index (χ0) is 20.2. The average molecular weight is 396 g/mol. The molecular weight excluding hydrogens is 368 g/mol. The van der Waals surface area contributed by atoms with Crippen molar-refractivity contribution < 1.29 is 14.4 Å². The largest absolute Gasteiger partial charge is 0.330 e. The molecule has 2 atom stereocenters. The van der Waals surface area contributed by atoms with Crippen LogP contribution in [0.4, 0.5) is 0 Å². The van der Waals surface area contributed by atoms with Crippen molar-refractivity contribution in [1.29, 1.82) is 0 Å². The summed E-state index contributed by atoms with van der Waals surface area (Å²) < 4.78 is 0. The van der Waals surface area contributed by atoms with Crippen LogP contribution >= 0.6 is 0 Å². The molecule has 3 fully saturated rings. The standard InChI is InChI=1S/C22H28N4O3/c23-11-16-10-22(16)5-7-25(8-6-22)12-14-1-2-17-15(9-14)13-26(21(17)29)18-3-4-19(27)24-20(18)28/h1-2,9,16,18H,3-8,10-13,23H2,(H,24,27,28). The van der Waals surface area contributed by atoms with Crippen LogP contribution in [0, 0.1) is 11.3 Å². The second-order valence-corrected chi connectivity index (χ2v) is 9.17. The van der Waals surface area contributed by atoms with Gasteiger partial charge in [0.15, 0.2) is 0 Å². The van der Waals surface area contributed by atoms with Crippen LogP contribution in [0.1, 0.15) is 53.6 Å². The normalized spacial score (nSPS) is 28.6. The Kier molecular flexibility index (Phi) is 4.47. The van der Waals surface area contributed by atoms with Crippen molar-refractivity contribution in [3.05, 3.63) is 34.9 Å². The van der Waals surface area contributed by atoms with Gasteiger partial charge in [-0.3, -0.25) is 24.6 Å². The number of likely N-dealkylation sites (tertiary alicyclic amines) is 1. The van der Waals surface area contributed by atoms with E-state index >= 15 is 0 Å². The monoisotopic (exact) mass is 396 g/mol. The van der Waals surface area contributed by atoms with Gasteiger partial charge in [0.2, 0.25) is 11.8 Å². The Balaban J connectivity index is 1.23. The van der Waals surface area contributed by atoms with Gasteiger partial charge in [-0.25, -0.2) is 0 Å². The van der Waals surface area contributed by atoms with Gasteiger partial charge < -0.3 is 10.6 Å². The van der Waals surface area contributed by atoms with Gasteiger partial charge in [-0.1, -0.05) is 12.1 Å². The topological polar surface area (TPSA) is 95.7 Å². The third-order valence-corrected chi connectivity index (χ3v) is 7.49. The highest BCUT2D eigenvalue weighted by atomic mass is 16.2. The zero-order valence-electron chi connectivity index (χ0n) is 16.7. The van der Waals surface area contributed by atoms with Crippen LogP contribution in [0.3, 0.4) is 0 Å². The molecule has 154 valence electrons. The van der Waals surface area contributed by atoms with Gasteiger partial charge >= 0.3 is 0 Å². The van der Waals surface area contributed by atoms with E-state index in [1.165, 1.54) is 24.8 Å². The Labute approximate surface area is 170 Å². The molecule has 5 rings (SSSR count). The third-order valence-electron chi connectivity index (χ3n) is 7.49. The maximum absolute atomic E-state index is 12.8. The number of hydrogen-bond donors (Lipinski definition) is 2. The molecule has 4 aliphatic rings. The molecule has 2 saturated heterocycles. The molecule has 3 heterocycles. The van der Waals surface area contributed by atoms with Gasteiger partial charge in [0.1, 0.15) is 6.04 Å². The lowest BCUT2D eigenvalue weighted by Crippen LogP contribution is -2.52. The summed E-state index contributed by atoms with van der Waals surface area (Å²) in [4.78, 5) is 40.5. The zero-order valence-corrected chi connectivity index (χ0v) is 16.7. The van der Waals surface area contributed by atoms with Crippen LogP contribution in [0.2, 0.25) is 0 Å². The van der Waals surface area contributed by atoms with Crippen molar-refractivity contribution in [2.24, 2.45) is 17.1 Å². The van der Waals surface area contributed by atoms with Gasteiger partial charge in [0.05, 0.1) is 0 Å². The first-order chi connectivity index (χ1) is 14.0. The fourth-order valence-corrected chi connectivity index (χ4v) is 5.52. The molecule has 0 aromatic heterocycles. The van der Waals surface area contributed by atoms with Gasteiger partial charge in [0.25, 0.3) is 5.91 Å². The maximum Gasteiger partial charge on any atom is 0.255 e. The SMILES string of the molecule is NCC1CC12CCN(Cc1ccc3c(c1)CN(C1CCC(=O)NC1=O)C3=O)CC2. The first kappa shape index (κ1) is 18.8. The highest BCUT2D eigenvalue weighted by Gasteiger charge is 2.53. The quantitative estimate of drug-likeness (QED) is 0.741. The van der Waals surface area contributed by atoms with Crippen molar-refractivity contribution in [3.8, 4) is 0 Å². The molecule has 29 heavy (non-hydrogen) atoms. The number of amides is 3. The number of nitrogens with two attached hydrogens (primary N) is 1. The Hall–Kier alpha value is -2.25. The molecular formula is C22H28N4O3. The number of imide groups is 1.